The van der Waals surface area contributed by atoms with Crippen LogP contribution in [0.4, 0.5) is 0 Å². The van der Waals surface area contributed by atoms with E-state index in [0.717, 1.165) is 55.8 Å². The Morgan fingerprint density at radius 2 is 1.24 bits per heavy atom. The van der Waals surface area contributed by atoms with Crippen molar-refractivity contribution in [3.05, 3.63) is 162 Å². The van der Waals surface area contributed by atoms with E-state index >= 15 is 0 Å². The molecular weight excluding hydrogens is 611 g/mol. The maximum absolute atomic E-state index is 6.58. The Bertz CT molecular complexity index is 2810. The summed E-state index contributed by atoms with van der Waals surface area (Å²) in [4.78, 5) is 15.5. The number of fused-ring (bicyclic) bond motifs is 7. The van der Waals surface area contributed by atoms with Crippen molar-refractivity contribution in [1.82, 2.24) is 15.0 Å². The van der Waals surface area contributed by atoms with E-state index in [0.29, 0.717) is 23.4 Å². The fourth-order valence-electron chi connectivity index (χ4n) is 7.76. The van der Waals surface area contributed by atoms with Crippen molar-refractivity contribution >= 4 is 55.1 Å². The first kappa shape index (κ1) is 28.6. The second-order valence-corrected chi connectivity index (χ2v) is 13.3. The van der Waals surface area contributed by atoms with Gasteiger partial charge in [0, 0.05) is 27.5 Å². The molecule has 4 heteroatoms. The van der Waals surface area contributed by atoms with E-state index in [2.05, 4.69) is 128 Å². The Balaban J connectivity index is 1.18. The first-order chi connectivity index (χ1) is 24.7. The van der Waals surface area contributed by atoms with Crippen LogP contribution in [0.2, 0.25) is 0 Å². The molecule has 2 heterocycles. The Morgan fingerprint density at radius 1 is 0.520 bits per heavy atom. The highest BCUT2D eigenvalue weighted by molar-refractivity contribution is 6.14. The van der Waals surface area contributed by atoms with Crippen molar-refractivity contribution in [3.8, 4) is 34.2 Å². The molecule has 50 heavy (non-hydrogen) atoms. The van der Waals surface area contributed by atoms with E-state index in [-0.39, 0.29) is 0 Å². The van der Waals surface area contributed by atoms with Crippen LogP contribution >= 0.6 is 0 Å². The van der Waals surface area contributed by atoms with Crippen LogP contribution in [-0.4, -0.2) is 15.0 Å². The fourth-order valence-corrected chi connectivity index (χ4v) is 7.76. The Labute approximate surface area is 289 Å². The number of nitrogens with zero attached hydrogens (tertiary/aromatic N) is 3. The lowest BCUT2D eigenvalue weighted by Gasteiger charge is -2.23. The highest BCUT2D eigenvalue weighted by Crippen LogP contribution is 2.42. The van der Waals surface area contributed by atoms with E-state index in [1.54, 1.807) is 0 Å². The average molecular weight is 642 g/mol. The van der Waals surface area contributed by atoms with Gasteiger partial charge in [0.05, 0.1) is 0 Å². The van der Waals surface area contributed by atoms with E-state index in [1.165, 1.54) is 33.0 Å². The molecule has 0 radical (unpaired) electrons. The Kier molecular flexibility index (Phi) is 6.50. The number of furan rings is 1. The van der Waals surface area contributed by atoms with Gasteiger partial charge in [0.25, 0.3) is 0 Å². The number of rotatable bonds is 4. The van der Waals surface area contributed by atoms with Crippen molar-refractivity contribution in [3.63, 3.8) is 0 Å². The molecule has 0 saturated carbocycles. The van der Waals surface area contributed by atoms with E-state index in [4.69, 9.17) is 19.4 Å². The molecule has 9 aromatic rings. The third-order valence-electron chi connectivity index (χ3n) is 10.2. The highest BCUT2D eigenvalue weighted by Gasteiger charge is 2.22. The van der Waals surface area contributed by atoms with Gasteiger partial charge in [-0.05, 0) is 80.4 Å². The first-order valence-corrected chi connectivity index (χ1v) is 17.2. The molecule has 0 bridgehead atoms. The zero-order valence-electron chi connectivity index (χ0n) is 27.5. The van der Waals surface area contributed by atoms with Crippen molar-refractivity contribution < 1.29 is 4.42 Å². The van der Waals surface area contributed by atoms with Crippen LogP contribution in [0.1, 0.15) is 36.0 Å². The maximum atomic E-state index is 6.58. The Hall–Kier alpha value is -6.39. The van der Waals surface area contributed by atoms with Crippen LogP contribution in [0.5, 0.6) is 0 Å². The van der Waals surface area contributed by atoms with Crippen molar-refractivity contribution in [2.45, 2.75) is 19.3 Å². The quantitative estimate of drug-likeness (QED) is 0.179. The van der Waals surface area contributed by atoms with Crippen LogP contribution < -0.4 is 0 Å². The molecule has 1 aliphatic carbocycles. The second kappa shape index (κ2) is 11.4. The molecule has 0 saturated heterocycles. The fraction of sp³-hybridized carbons (Fsp3) is 0.0652. The van der Waals surface area contributed by atoms with Crippen LogP contribution in [0.25, 0.3) is 89.3 Å². The molecule has 0 spiro atoms. The summed E-state index contributed by atoms with van der Waals surface area (Å²) in [5.74, 6) is 2.35. The van der Waals surface area contributed by atoms with Crippen LogP contribution in [0, 0.1) is 0 Å². The minimum atomic E-state index is 0.459. The molecule has 0 amide bonds. The standard InChI is InChI=1S/C46H31N3O/c1-28-24-33(25-31-14-5-7-16-34(28)31)30-22-23-38-42(27-30)50-41-21-11-20-39(43(38)41)45-47-44(29-12-3-2-4-13-29)48-46(49-45)40-26-32-15-6-8-17-35(32)36-18-9-10-19-37(36)40/h2-23,25-28H,24H2,1H3/t28-/m1/s1. The van der Waals surface area contributed by atoms with Gasteiger partial charge in [0.1, 0.15) is 11.2 Å². The predicted octanol–water partition coefficient (Wildman–Crippen LogP) is 12.1. The monoisotopic (exact) mass is 641 g/mol. The largest absolute Gasteiger partial charge is 0.456 e. The lowest BCUT2D eigenvalue weighted by molar-refractivity contribution is 0.668. The summed E-state index contributed by atoms with van der Waals surface area (Å²) < 4.78 is 6.58. The molecule has 4 nitrogen and oxygen atoms in total. The molecule has 0 fully saturated rings. The molecule has 0 aliphatic heterocycles. The number of hydrogen-bond acceptors (Lipinski definition) is 4. The molecule has 2 aromatic heterocycles. The Morgan fingerprint density at radius 3 is 2.12 bits per heavy atom. The SMILES string of the molecule is C[C@@H]1CC(c2ccc3c(c2)oc2cccc(-c4nc(-c5ccccc5)nc(-c5cc6ccccc6c6ccccc56)n4)c23)=Cc2ccccc21. The summed E-state index contributed by atoms with van der Waals surface area (Å²) in [7, 11) is 0. The van der Waals surface area contributed by atoms with E-state index < -0.39 is 0 Å². The van der Waals surface area contributed by atoms with Gasteiger partial charge < -0.3 is 4.42 Å². The predicted molar refractivity (Wildman–Crippen MR) is 206 cm³/mol. The number of aromatic nitrogens is 3. The van der Waals surface area contributed by atoms with Gasteiger partial charge in [-0.3, -0.25) is 0 Å². The van der Waals surface area contributed by atoms with Crippen molar-refractivity contribution in [2.75, 3.05) is 0 Å². The normalized spacial score (nSPS) is 14.3. The van der Waals surface area contributed by atoms with Gasteiger partial charge in [-0.2, -0.15) is 0 Å². The zero-order valence-corrected chi connectivity index (χ0v) is 27.5. The zero-order chi connectivity index (χ0) is 33.2. The van der Waals surface area contributed by atoms with E-state index in [1.807, 2.05) is 30.3 Å². The summed E-state index contributed by atoms with van der Waals surface area (Å²) in [5.41, 5.74) is 9.73. The van der Waals surface area contributed by atoms with Crippen LogP contribution in [0.15, 0.2) is 150 Å². The number of hydrogen-bond donors (Lipinski definition) is 0. The molecule has 236 valence electrons. The minimum Gasteiger partial charge on any atom is -0.456 e. The first-order valence-electron chi connectivity index (χ1n) is 17.2. The van der Waals surface area contributed by atoms with Gasteiger partial charge in [0.15, 0.2) is 17.5 Å². The molecule has 0 unspecified atom stereocenters. The summed E-state index contributed by atoms with van der Waals surface area (Å²) in [6.07, 6.45) is 3.33. The smallest absolute Gasteiger partial charge is 0.164 e. The molecule has 1 atom stereocenters. The maximum Gasteiger partial charge on any atom is 0.164 e. The molecule has 0 N–H and O–H groups in total. The summed E-state index contributed by atoms with van der Waals surface area (Å²) in [6, 6.07) is 50.9. The third kappa shape index (κ3) is 4.64. The average Bonchev–Trinajstić information content (AvgIpc) is 3.56. The topological polar surface area (TPSA) is 51.8 Å². The van der Waals surface area contributed by atoms with Crippen molar-refractivity contribution in [1.29, 1.82) is 0 Å². The van der Waals surface area contributed by atoms with E-state index in [9.17, 15) is 0 Å². The van der Waals surface area contributed by atoms with Gasteiger partial charge in [-0.25, -0.2) is 15.0 Å². The van der Waals surface area contributed by atoms with Crippen LogP contribution in [0.3, 0.4) is 0 Å². The second-order valence-electron chi connectivity index (χ2n) is 13.3. The lowest BCUT2D eigenvalue weighted by atomic mass is 9.82. The summed E-state index contributed by atoms with van der Waals surface area (Å²) in [5, 5.41) is 6.69. The third-order valence-corrected chi connectivity index (χ3v) is 10.2. The van der Waals surface area contributed by atoms with Gasteiger partial charge in [0.2, 0.25) is 0 Å². The molecule has 1 aliphatic rings. The van der Waals surface area contributed by atoms with Gasteiger partial charge in [-0.1, -0.05) is 134 Å². The van der Waals surface area contributed by atoms with Gasteiger partial charge in [-0.15, -0.1) is 0 Å². The minimum absolute atomic E-state index is 0.459. The lowest BCUT2D eigenvalue weighted by Crippen LogP contribution is -2.03. The number of benzene rings is 7. The summed E-state index contributed by atoms with van der Waals surface area (Å²) in [6.45, 7) is 2.31. The molecular formula is C46H31N3O. The number of allylic oxidation sites excluding steroid dienone is 1. The van der Waals surface area contributed by atoms with Gasteiger partial charge >= 0.3 is 0 Å². The molecule has 10 rings (SSSR count). The summed E-state index contributed by atoms with van der Waals surface area (Å²) >= 11 is 0. The van der Waals surface area contributed by atoms with Crippen LogP contribution in [-0.2, 0) is 0 Å². The molecule has 7 aromatic carbocycles. The highest BCUT2D eigenvalue weighted by atomic mass is 16.3. The van der Waals surface area contributed by atoms with Crippen molar-refractivity contribution in [2.24, 2.45) is 0 Å².